The van der Waals surface area contributed by atoms with Crippen molar-refractivity contribution < 1.29 is 17.9 Å². The summed E-state index contributed by atoms with van der Waals surface area (Å²) in [5, 5.41) is 3.12. The van der Waals surface area contributed by atoms with E-state index in [1.807, 2.05) is 0 Å². The number of likely N-dealkylation sites (N-methyl/N-ethyl adjacent to an activating group) is 1. The summed E-state index contributed by atoms with van der Waals surface area (Å²) in [6.45, 7) is 0. The molecule has 2 aromatic carbocycles. The standard InChI is InChI=1S/C17H19ClN2O4S/c1-20(25(3,22)23)16(12-7-5-4-6-8-12)17(21)19-14-11-13(18)9-10-15(14)24-2/h4-11,16H,1-3H3,(H,19,21). The third kappa shape index (κ3) is 4.72. The van der Waals surface area contributed by atoms with E-state index in [4.69, 9.17) is 16.3 Å². The molecule has 134 valence electrons. The number of nitrogens with one attached hydrogen (secondary N) is 1. The third-order valence-electron chi connectivity index (χ3n) is 3.67. The van der Waals surface area contributed by atoms with Gasteiger partial charge in [-0.25, -0.2) is 8.42 Å². The lowest BCUT2D eigenvalue weighted by molar-refractivity contribution is -0.119. The molecule has 2 aromatic rings. The normalized spacial score (nSPS) is 12.7. The van der Waals surface area contributed by atoms with Crippen LogP contribution < -0.4 is 10.1 Å². The summed E-state index contributed by atoms with van der Waals surface area (Å²) < 4.78 is 30.2. The molecule has 1 atom stereocenters. The number of benzene rings is 2. The number of hydrogen-bond acceptors (Lipinski definition) is 4. The van der Waals surface area contributed by atoms with Crippen molar-refractivity contribution in [2.75, 3.05) is 25.7 Å². The number of methoxy groups -OCH3 is 1. The first-order valence-corrected chi connectivity index (χ1v) is 9.59. The van der Waals surface area contributed by atoms with Crippen LogP contribution in [0.5, 0.6) is 5.75 Å². The Morgan fingerprint density at radius 2 is 1.84 bits per heavy atom. The lowest BCUT2D eigenvalue weighted by Gasteiger charge is -2.26. The summed E-state index contributed by atoms with van der Waals surface area (Å²) in [5.74, 6) is -0.0914. The molecule has 0 heterocycles. The van der Waals surface area contributed by atoms with Crippen LogP contribution in [0.25, 0.3) is 0 Å². The first-order valence-electron chi connectivity index (χ1n) is 7.36. The van der Waals surface area contributed by atoms with Gasteiger partial charge in [0, 0.05) is 12.1 Å². The van der Waals surface area contributed by atoms with Gasteiger partial charge in [-0.3, -0.25) is 4.79 Å². The van der Waals surface area contributed by atoms with Crippen molar-refractivity contribution in [3.8, 4) is 5.75 Å². The Balaban J connectivity index is 2.42. The highest BCUT2D eigenvalue weighted by atomic mass is 35.5. The highest BCUT2D eigenvalue weighted by Gasteiger charge is 2.31. The largest absolute Gasteiger partial charge is 0.495 e. The SMILES string of the molecule is COc1ccc(Cl)cc1NC(=O)C(c1ccccc1)N(C)S(C)(=O)=O. The maximum absolute atomic E-state index is 12.9. The average molecular weight is 383 g/mol. The molecule has 25 heavy (non-hydrogen) atoms. The van der Waals surface area contributed by atoms with Crippen molar-refractivity contribution in [3.05, 3.63) is 59.1 Å². The van der Waals surface area contributed by atoms with E-state index in [-0.39, 0.29) is 0 Å². The van der Waals surface area contributed by atoms with E-state index in [0.717, 1.165) is 10.6 Å². The second kappa shape index (κ2) is 7.86. The molecule has 0 aliphatic heterocycles. The number of sulfonamides is 1. The zero-order valence-electron chi connectivity index (χ0n) is 14.1. The molecule has 0 saturated carbocycles. The Labute approximate surface area is 152 Å². The number of rotatable bonds is 6. The molecule has 0 radical (unpaired) electrons. The highest BCUT2D eigenvalue weighted by molar-refractivity contribution is 7.88. The van der Waals surface area contributed by atoms with Crippen LogP contribution in [0.1, 0.15) is 11.6 Å². The second-order valence-corrected chi connectivity index (χ2v) is 7.90. The highest BCUT2D eigenvalue weighted by Crippen LogP contribution is 2.30. The zero-order chi connectivity index (χ0) is 18.6. The number of carbonyl (C=O) groups excluding carboxylic acids is 1. The molecule has 1 N–H and O–H groups in total. The van der Waals surface area contributed by atoms with E-state index >= 15 is 0 Å². The van der Waals surface area contributed by atoms with Crippen molar-refractivity contribution >= 4 is 33.2 Å². The molecule has 0 saturated heterocycles. The number of anilines is 1. The van der Waals surface area contributed by atoms with Crippen LogP contribution in [0, 0.1) is 0 Å². The zero-order valence-corrected chi connectivity index (χ0v) is 15.6. The first kappa shape index (κ1) is 19.2. The van der Waals surface area contributed by atoms with Crippen LogP contribution in [0.4, 0.5) is 5.69 Å². The lowest BCUT2D eigenvalue weighted by atomic mass is 10.1. The Bertz CT molecular complexity index is 856. The van der Waals surface area contributed by atoms with Gasteiger partial charge in [0.05, 0.1) is 19.1 Å². The average Bonchev–Trinajstić information content (AvgIpc) is 2.55. The molecule has 0 bridgehead atoms. The first-order chi connectivity index (χ1) is 11.7. The fraction of sp³-hybridized carbons (Fsp3) is 0.235. The number of hydrogen-bond donors (Lipinski definition) is 1. The van der Waals surface area contributed by atoms with Crippen LogP contribution in [0.15, 0.2) is 48.5 Å². The molecule has 0 aliphatic carbocycles. The Kier molecular flexibility index (Phi) is 6.05. The van der Waals surface area contributed by atoms with Gasteiger partial charge in [0.15, 0.2) is 0 Å². The Morgan fingerprint density at radius 3 is 2.40 bits per heavy atom. The van der Waals surface area contributed by atoms with Gasteiger partial charge < -0.3 is 10.1 Å². The molecular weight excluding hydrogens is 364 g/mol. The molecule has 2 rings (SSSR count). The van der Waals surface area contributed by atoms with Gasteiger partial charge in [-0.2, -0.15) is 4.31 Å². The molecule has 0 aliphatic rings. The summed E-state index contributed by atoms with van der Waals surface area (Å²) in [6.07, 6.45) is 1.05. The van der Waals surface area contributed by atoms with Crippen LogP contribution in [-0.4, -0.2) is 39.0 Å². The predicted molar refractivity (Wildman–Crippen MR) is 98.4 cm³/mol. The van der Waals surface area contributed by atoms with Gasteiger partial charge in [-0.1, -0.05) is 41.9 Å². The van der Waals surface area contributed by atoms with E-state index in [0.29, 0.717) is 22.0 Å². The summed E-state index contributed by atoms with van der Waals surface area (Å²) >= 11 is 5.98. The van der Waals surface area contributed by atoms with E-state index in [2.05, 4.69) is 5.32 Å². The number of halogens is 1. The predicted octanol–water partition coefficient (Wildman–Crippen LogP) is 2.92. The molecule has 8 heteroatoms. The number of carbonyl (C=O) groups is 1. The maximum atomic E-state index is 12.9. The molecule has 0 fully saturated rings. The maximum Gasteiger partial charge on any atom is 0.247 e. The Morgan fingerprint density at radius 1 is 1.20 bits per heavy atom. The van der Waals surface area contributed by atoms with Gasteiger partial charge in [0.1, 0.15) is 11.8 Å². The monoisotopic (exact) mass is 382 g/mol. The van der Waals surface area contributed by atoms with E-state index in [1.165, 1.54) is 14.2 Å². The van der Waals surface area contributed by atoms with Crippen LogP contribution in [-0.2, 0) is 14.8 Å². The molecule has 1 unspecified atom stereocenters. The molecule has 1 amide bonds. The molecular formula is C17H19ClN2O4S. The van der Waals surface area contributed by atoms with E-state index < -0.39 is 22.0 Å². The van der Waals surface area contributed by atoms with E-state index in [9.17, 15) is 13.2 Å². The third-order valence-corrected chi connectivity index (χ3v) is 5.16. The number of nitrogens with zero attached hydrogens (tertiary/aromatic N) is 1. The fourth-order valence-corrected chi connectivity index (χ4v) is 3.10. The smallest absolute Gasteiger partial charge is 0.247 e. The lowest BCUT2D eigenvalue weighted by Crippen LogP contribution is -2.38. The van der Waals surface area contributed by atoms with Gasteiger partial charge in [0.2, 0.25) is 15.9 Å². The van der Waals surface area contributed by atoms with Gasteiger partial charge in [-0.15, -0.1) is 0 Å². The molecule has 6 nitrogen and oxygen atoms in total. The quantitative estimate of drug-likeness (QED) is 0.833. The van der Waals surface area contributed by atoms with Crippen molar-refractivity contribution in [3.63, 3.8) is 0 Å². The number of amides is 1. The number of ether oxygens (including phenoxy) is 1. The van der Waals surface area contributed by atoms with Crippen molar-refractivity contribution in [1.82, 2.24) is 4.31 Å². The van der Waals surface area contributed by atoms with Crippen LogP contribution >= 0.6 is 11.6 Å². The van der Waals surface area contributed by atoms with Crippen molar-refractivity contribution in [2.45, 2.75) is 6.04 Å². The van der Waals surface area contributed by atoms with Crippen molar-refractivity contribution in [2.24, 2.45) is 0 Å². The topological polar surface area (TPSA) is 75.7 Å². The minimum absolute atomic E-state index is 0.364. The Hall–Kier alpha value is -2.09. The minimum atomic E-state index is -3.60. The summed E-state index contributed by atoms with van der Waals surface area (Å²) in [7, 11) is -0.765. The van der Waals surface area contributed by atoms with Crippen LogP contribution in [0.3, 0.4) is 0 Å². The second-order valence-electron chi connectivity index (χ2n) is 5.43. The summed E-state index contributed by atoms with van der Waals surface area (Å²) in [6, 6.07) is 12.4. The minimum Gasteiger partial charge on any atom is -0.495 e. The summed E-state index contributed by atoms with van der Waals surface area (Å²) in [4.78, 5) is 12.9. The molecule has 0 spiro atoms. The molecule has 0 aromatic heterocycles. The fourth-order valence-electron chi connectivity index (χ4n) is 2.33. The van der Waals surface area contributed by atoms with Gasteiger partial charge in [-0.05, 0) is 23.8 Å². The van der Waals surface area contributed by atoms with Crippen molar-refractivity contribution in [1.29, 1.82) is 0 Å². The van der Waals surface area contributed by atoms with E-state index in [1.54, 1.807) is 48.5 Å². The van der Waals surface area contributed by atoms with Gasteiger partial charge >= 0.3 is 0 Å². The van der Waals surface area contributed by atoms with Gasteiger partial charge in [0.25, 0.3) is 0 Å². The van der Waals surface area contributed by atoms with Crippen LogP contribution in [0.2, 0.25) is 5.02 Å². The summed E-state index contributed by atoms with van der Waals surface area (Å²) in [5.41, 5.74) is 0.914.